The predicted octanol–water partition coefficient (Wildman–Crippen LogP) is 4.19. The summed E-state index contributed by atoms with van der Waals surface area (Å²) in [5.74, 6) is -0.342. The zero-order chi connectivity index (χ0) is 17.8. The molecule has 126 valence electrons. The summed E-state index contributed by atoms with van der Waals surface area (Å²) in [5, 5.41) is 6.50. The van der Waals surface area contributed by atoms with E-state index >= 15 is 0 Å². The predicted molar refractivity (Wildman–Crippen MR) is 103 cm³/mol. The van der Waals surface area contributed by atoms with Crippen LogP contribution in [0.2, 0.25) is 5.02 Å². The summed E-state index contributed by atoms with van der Waals surface area (Å²) in [5.41, 5.74) is 2.15. The number of hydrogen-bond acceptors (Lipinski definition) is 4. The molecule has 2 N–H and O–H groups in total. The third kappa shape index (κ3) is 4.49. The largest absolute Gasteiger partial charge is 0.326 e. The van der Waals surface area contributed by atoms with Crippen molar-refractivity contribution in [3.8, 4) is 0 Å². The molecule has 2 aromatic rings. The molecule has 1 saturated heterocycles. The van der Waals surface area contributed by atoms with E-state index in [0.717, 1.165) is 5.56 Å². The summed E-state index contributed by atoms with van der Waals surface area (Å²) in [7, 11) is 0. The molecule has 0 spiro atoms. The van der Waals surface area contributed by atoms with Gasteiger partial charge in [-0.15, -0.1) is 0 Å². The SMILES string of the molecule is CC(=O)Nc1ccc(N=C2NC(=O)C(=Cc3ccccc3Cl)S2)cc1. The Labute approximate surface area is 154 Å². The molecule has 2 amide bonds. The number of thioether (sulfide) groups is 1. The van der Waals surface area contributed by atoms with Crippen LogP contribution < -0.4 is 10.6 Å². The highest BCUT2D eigenvalue weighted by Gasteiger charge is 2.24. The molecular formula is C18H14ClN3O2S. The van der Waals surface area contributed by atoms with Gasteiger partial charge in [0.2, 0.25) is 5.91 Å². The first-order valence-electron chi connectivity index (χ1n) is 7.43. The van der Waals surface area contributed by atoms with Gasteiger partial charge < -0.3 is 10.6 Å². The lowest BCUT2D eigenvalue weighted by molar-refractivity contribution is -0.115. The Balaban J connectivity index is 1.77. The second kappa shape index (κ2) is 7.55. The monoisotopic (exact) mass is 371 g/mol. The van der Waals surface area contributed by atoms with Crippen molar-refractivity contribution in [3.63, 3.8) is 0 Å². The van der Waals surface area contributed by atoms with E-state index in [0.29, 0.717) is 26.5 Å². The fourth-order valence-electron chi connectivity index (χ4n) is 2.15. The Morgan fingerprint density at radius 2 is 1.92 bits per heavy atom. The van der Waals surface area contributed by atoms with Crippen LogP contribution >= 0.6 is 23.4 Å². The summed E-state index contributed by atoms with van der Waals surface area (Å²) >= 11 is 7.38. The van der Waals surface area contributed by atoms with Gasteiger partial charge in [-0.2, -0.15) is 0 Å². The molecule has 25 heavy (non-hydrogen) atoms. The van der Waals surface area contributed by atoms with Crippen LogP contribution in [0.5, 0.6) is 0 Å². The number of amidine groups is 1. The minimum Gasteiger partial charge on any atom is -0.326 e. The number of rotatable bonds is 3. The van der Waals surface area contributed by atoms with Crippen LogP contribution in [0.3, 0.4) is 0 Å². The van der Waals surface area contributed by atoms with Gasteiger partial charge in [0.15, 0.2) is 5.17 Å². The van der Waals surface area contributed by atoms with Crippen molar-refractivity contribution in [1.82, 2.24) is 5.32 Å². The van der Waals surface area contributed by atoms with Crippen molar-refractivity contribution in [3.05, 3.63) is 64.0 Å². The van der Waals surface area contributed by atoms with Crippen LogP contribution in [0.1, 0.15) is 12.5 Å². The van der Waals surface area contributed by atoms with Gasteiger partial charge in [-0.1, -0.05) is 29.8 Å². The van der Waals surface area contributed by atoms with Gasteiger partial charge in [-0.05, 0) is 53.7 Å². The first-order valence-corrected chi connectivity index (χ1v) is 8.62. The molecule has 0 atom stereocenters. The molecular weight excluding hydrogens is 358 g/mol. The van der Waals surface area contributed by atoms with Gasteiger partial charge in [0.25, 0.3) is 5.91 Å². The number of benzene rings is 2. The third-order valence-corrected chi connectivity index (χ3v) is 4.52. The number of amides is 2. The van der Waals surface area contributed by atoms with Crippen LogP contribution in [0, 0.1) is 0 Å². The third-order valence-electron chi connectivity index (χ3n) is 3.26. The maximum Gasteiger partial charge on any atom is 0.264 e. The molecule has 1 heterocycles. The molecule has 0 bridgehead atoms. The van der Waals surface area contributed by atoms with Crippen LogP contribution in [-0.4, -0.2) is 17.0 Å². The molecule has 2 aromatic carbocycles. The lowest BCUT2D eigenvalue weighted by Gasteiger charge is -2.02. The lowest BCUT2D eigenvalue weighted by Crippen LogP contribution is -2.19. The quantitative estimate of drug-likeness (QED) is 0.795. The van der Waals surface area contributed by atoms with Crippen LogP contribution in [0.25, 0.3) is 6.08 Å². The number of nitrogens with zero attached hydrogens (tertiary/aromatic N) is 1. The standard InChI is InChI=1S/C18H14ClN3O2S/c1-11(23)20-13-6-8-14(9-7-13)21-18-22-17(24)16(25-18)10-12-4-2-3-5-15(12)19/h2-10H,1H3,(H,20,23)(H,21,22,24). The lowest BCUT2D eigenvalue weighted by atomic mass is 10.2. The first-order chi connectivity index (χ1) is 12.0. The molecule has 0 saturated carbocycles. The van der Waals surface area contributed by atoms with E-state index in [4.69, 9.17) is 11.6 Å². The molecule has 0 aromatic heterocycles. The molecule has 7 heteroatoms. The minimum atomic E-state index is -0.210. The highest BCUT2D eigenvalue weighted by atomic mass is 35.5. The van der Waals surface area contributed by atoms with Crippen molar-refractivity contribution in [2.24, 2.45) is 4.99 Å². The van der Waals surface area contributed by atoms with Crippen molar-refractivity contribution in [1.29, 1.82) is 0 Å². The summed E-state index contributed by atoms with van der Waals surface area (Å²) in [6.45, 7) is 1.45. The number of anilines is 1. The summed E-state index contributed by atoms with van der Waals surface area (Å²) < 4.78 is 0. The molecule has 3 rings (SSSR count). The number of halogens is 1. The molecule has 1 fully saturated rings. The van der Waals surface area contributed by atoms with E-state index in [1.165, 1.54) is 18.7 Å². The Morgan fingerprint density at radius 1 is 1.20 bits per heavy atom. The highest BCUT2D eigenvalue weighted by Crippen LogP contribution is 2.30. The number of aliphatic imine (C=N–C) groups is 1. The number of carbonyl (C=O) groups is 2. The van der Waals surface area contributed by atoms with Crippen LogP contribution in [0.4, 0.5) is 11.4 Å². The topological polar surface area (TPSA) is 70.6 Å². The number of hydrogen-bond donors (Lipinski definition) is 2. The Hall–Kier alpha value is -2.57. The van der Waals surface area contributed by atoms with Gasteiger partial charge in [0.1, 0.15) is 0 Å². The normalized spacial score (nSPS) is 17.0. The zero-order valence-electron chi connectivity index (χ0n) is 13.2. The van der Waals surface area contributed by atoms with Gasteiger partial charge in [-0.25, -0.2) is 4.99 Å². The average molecular weight is 372 g/mol. The van der Waals surface area contributed by atoms with Gasteiger partial charge in [0.05, 0.1) is 10.6 Å². The Bertz CT molecular complexity index is 891. The van der Waals surface area contributed by atoms with Gasteiger partial charge >= 0.3 is 0 Å². The second-order valence-electron chi connectivity index (χ2n) is 5.23. The molecule has 0 radical (unpaired) electrons. The van der Waals surface area contributed by atoms with E-state index in [2.05, 4.69) is 15.6 Å². The second-order valence-corrected chi connectivity index (χ2v) is 6.67. The molecule has 1 aliphatic heterocycles. The van der Waals surface area contributed by atoms with Crippen molar-refractivity contribution < 1.29 is 9.59 Å². The molecule has 0 aliphatic carbocycles. The van der Waals surface area contributed by atoms with E-state index in [-0.39, 0.29) is 11.8 Å². The highest BCUT2D eigenvalue weighted by molar-refractivity contribution is 8.18. The fourth-order valence-corrected chi connectivity index (χ4v) is 3.18. The van der Waals surface area contributed by atoms with E-state index in [1.807, 2.05) is 18.2 Å². The maximum atomic E-state index is 12.1. The van der Waals surface area contributed by atoms with Crippen LogP contribution in [-0.2, 0) is 9.59 Å². The molecule has 5 nitrogen and oxygen atoms in total. The smallest absolute Gasteiger partial charge is 0.264 e. The Morgan fingerprint density at radius 3 is 2.60 bits per heavy atom. The van der Waals surface area contributed by atoms with Gasteiger partial charge in [-0.3, -0.25) is 9.59 Å². The zero-order valence-corrected chi connectivity index (χ0v) is 14.8. The van der Waals surface area contributed by atoms with Crippen LogP contribution in [0.15, 0.2) is 58.4 Å². The maximum absolute atomic E-state index is 12.1. The van der Waals surface area contributed by atoms with E-state index in [1.54, 1.807) is 36.4 Å². The average Bonchev–Trinajstić information content (AvgIpc) is 2.90. The van der Waals surface area contributed by atoms with Gasteiger partial charge in [0, 0.05) is 17.6 Å². The van der Waals surface area contributed by atoms with E-state index in [9.17, 15) is 9.59 Å². The van der Waals surface area contributed by atoms with E-state index < -0.39 is 0 Å². The summed E-state index contributed by atoms with van der Waals surface area (Å²) in [6, 6.07) is 14.4. The first kappa shape index (κ1) is 17.3. The molecule has 0 unspecified atom stereocenters. The van der Waals surface area contributed by atoms with Crippen molar-refractivity contribution >= 4 is 57.8 Å². The summed E-state index contributed by atoms with van der Waals surface area (Å²) in [6.07, 6.45) is 1.74. The fraction of sp³-hybridized carbons (Fsp3) is 0.0556. The summed E-state index contributed by atoms with van der Waals surface area (Å²) in [4.78, 5) is 28.0. The number of nitrogens with one attached hydrogen (secondary N) is 2. The Kier molecular flexibility index (Phi) is 5.21. The van der Waals surface area contributed by atoms with Crippen molar-refractivity contribution in [2.45, 2.75) is 6.92 Å². The van der Waals surface area contributed by atoms with Crippen molar-refractivity contribution in [2.75, 3.05) is 5.32 Å². The number of carbonyl (C=O) groups excluding carboxylic acids is 2. The molecule has 1 aliphatic rings. The minimum absolute atomic E-state index is 0.132.